The number of aromatic nitrogens is 1. The van der Waals surface area contributed by atoms with E-state index in [0.29, 0.717) is 5.69 Å². The molecule has 0 bridgehead atoms. The van der Waals surface area contributed by atoms with Crippen molar-refractivity contribution in [3.63, 3.8) is 0 Å². The maximum absolute atomic E-state index is 12.2. The van der Waals surface area contributed by atoms with Gasteiger partial charge in [-0.1, -0.05) is 18.2 Å². The molecule has 0 amide bonds. The maximum atomic E-state index is 12.2. The van der Waals surface area contributed by atoms with Gasteiger partial charge < -0.3 is 5.32 Å². The summed E-state index contributed by atoms with van der Waals surface area (Å²) >= 11 is 0. The lowest BCUT2D eigenvalue weighted by molar-refractivity contribution is -0.338. The van der Waals surface area contributed by atoms with Gasteiger partial charge in [-0.05, 0) is 11.6 Å². The number of ether oxygens (including phenoxy) is 1. The van der Waals surface area contributed by atoms with Crippen LogP contribution in [0.4, 0.5) is 18.9 Å². The minimum absolute atomic E-state index is 0.159. The summed E-state index contributed by atoms with van der Waals surface area (Å²) in [6, 6.07) is 7.30. The number of nitrogens with zero attached hydrogens (tertiary/aromatic N) is 1. The first-order valence-corrected chi connectivity index (χ1v) is 5.41. The van der Waals surface area contributed by atoms with E-state index >= 15 is 0 Å². The van der Waals surface area contributed by atoms with E-state index in [2.05, 4.69) is 15.0 Å². The number of hydrogen-bond donors (Lipinski definition) is 1. The highest BCUT2D eigenvalue weighted by Crippen LogP contribution is 2.34. The first-order chi connectivity index (χ1) is 8.53. The zero-order valence-electron chi connectivity index (χ0n) is 9.16. The van der Waals surface area contributed by atoms with E-state index in [1.165, 1.54) is 0 Å². The van der Waals surface area contributed by atoms with E-state index in [1.807, 2.05) is 24.3 Å². The van der Waals surface area contributed by atoms with Gasteiger partial charge in [0, 0.05) is 18.0 Å². The van der Waals surface area contributed by atoms with Crippen molar-refractivity contribution in [1.29, 1.82) is 0 Å². The SMILES string of the molecule is FC(F)(F)OC1Cc2cnc3ccccc3c2N1. The van der Waals surface area contributed by atoms with Crippen LogP contribution in [0.5, 0.6) is 0 Å². The van der Waals surface area contributed by atoms with E-state index in [4.69, 9.17) is 0 Å². The predicted octanol–water partition coefficient (Wildman–Crippen LogP) is 3.07. The lowest BCUT2D eigenvalue weighted by Gasteiger charge is -2.14. The van der Waals surface area contributed by atoms with Crippen molar-refractivity contribution in [2.45, 2.75) is 19.0 Å². The molecule has 1 aliphatic rings. The first-order valence-electron chi connectivity index (χ1n) is 5.41. The third-order valence-corrected chi connectivity index (χ3v) is 2.84. The lowest BCUT2D eigenvalue weighted by atomic mass is 10.1. The lowest BCUT2D eigenvalue weighted by Crippen LogP contribution is -2.28. The average Bonchev–Trinajstić information content (AvgIpc) is 2.69. The molecular formula is C12H9F3N2O. The second-order valence-corrected chi connectivity index (χ2v) is 4.08. The fraction of sp³-hybridized carbons (Fsp3) is 0.250. The van der Waals surface area contributed by atoms with Crippen LogP contribution in [0.25, 0.3) is 10.9 Å². The number of benzene rings is 1. The fourth-order valence-corrected chi connectivity index (χ4v) is 2.15. The van der Waals surface area contributed by atoms with E-state index in [-0.39, 0.29) is 6.42 Å². The van der Waals surface area contributed by atoms with Crippen LogP contribution in [0, 0.1) is 0 Å². The maximum Gasteiger partial charge on any atom is 0.524 e. The molecule has 0 fully saturated rings. The number of hydrogen-bond acceptors (Lipinski definition) is 3. The first kappa shape index (κ1) is 11.3. The molecular weight excluding hydrogens is 245 g/mol. The molecule has 0 spiro atoms. The predicted molar refractivity (Wildman–Crippen MR) is 60.0 cm³/mol. The van der Waals surface area contributed by atoms with Crippen molar-refractivity contribution in [2.24, 2.45) is 0 Å². The van der Waals surface area contributed by atoms with Gasteiger partial charge in [-0.2, -0.15) is 0 Å². The number of halogens is 3. The summed E-state index contributed by atoms with van der Waals surface area (Å²) in [4.78, 5) is 4.21. The highest BCUT2D eigenvalue weighted by atomic mass is 19.4. The topological polar surface area (TPSA) is 34.1 Å². The van der Waals surface area contributed by atoms with Crippen LogP contribution in [0.15, 0.2) is 30.5 Å². The molecule has 2 aromatic rings. The molecule has 0 saturated carbocycles. The molecule has 1 aromatic carbocycles. The Bertz CT molecular complexity index is 597. The van der Waals surface area contributed by atoms with Crippen LogP contribution in [0.3, 0.4) is 0 Å². The minimum Gasteiger partial charge on any atom is -0.359 e. The monoisotopic (exact) mass is 254 g/mol. The Balaban J connectivity index is 1.95. The van der Waals surface area contributed by atoms with Crippen molar-refractivity contribution in [3.05, 3.63) is 36.0 Å². The van der Waals surface area contributed by atoms with Crippen molar-refractivity contribution in [3.8, 4) is 0 Å². The number of para-hydroxylation sites is 1. The Labute approximate surface area is 101 Å². The van der Waals surface area contributed by atoms with Gasteiger partial charge in [0.1, 0.15) is 6.23 Å². The van der Waals surface area contributed by atoms with E-state index in [0.717, 1.165) is 16.5 Å². The molecule has 0 radical (unpaired) electrons. The van der Waals surface area contributed by atoms with Crippen LogP contribution in [0.2, 0.25) is 0 Å². The highest BCUT2D eigenvalue weighted by molar-refractivity contribution is 5.93. The summed E-state index contributed by atoms with van der Waals surface area (Å²) in [7, 11) is 0. The molecule has 3 rings (SSSR count). The van der Waals surface area contributed by atoms with Gasteiger partial charge in [-0.15, -0.1) is 13.2 Å². The quantitative estimate of drug-likeness (QED) is 0.849. The Morgan fingerprint density at radius 1 is 1.28 bits per heavy atom. The Morgan fingerprint density at radius 2 is 2.06 bits per heavy atom. The van der Waals surface area contributed by atoms with Crippen molar-refractivity contribution in [1.82, 2.24) is 4.98 Å². The van der Waals surface area contributed by atoms with Gasteiger partial charge in [0.15, 0.2) is 0 Å². The Morgan fingerprint density at radius 3 is 2.83 bits per heavy atom. The van der Waals surface area contributed by atoms with Crippen LogP contribution in [-0.2, 0) is 11.2 Å². The molecule has 6 heteroatoms. The fourth-order valence-electron chi connectivity index (χ4n) is 2.15. The molecule has 1 unspecified atom stereocenters. The number of fused-ring (bicyclic) bond motifs is 3. The van der Waals surface area contributed by atoms with E-state index in [1.54, 1.807) is 6.20 Å². The number of anilines is 1. The number of nitrogens with one attached hydrogen (secondary N) is 1. The van der Waals surface area contributed by atoms with Crippen LogP contribution in [0.1, 0.15) is 5.56 Å². The van der Waals surface area contributed by atoms with Crippen LogP contribution < -0.4 is 5.32 Å². The molecule has 2 heterocycles. The van der Waals surface area contributed by atoms with Gasteiger partial charge in [0.05, 0.1) is 11.2 Å². The average molecular weight is 254 g/mol. The van der Waals surface area contributed by atoms with E-state index in [9.17, 15) is 13.2 Å². The van der Waals surface area contributed by atoms with Gasteiger partial charge >= 0.3 is 6.36 Å². The third-order valence-electron chi connectivity index (χ3n) is 2.84. The number of rotatable bonds is 1. The summed E-state index contributed by atoms with van der Waals surface area (Å²) < 4.78 is 40.5. The minimum atomic E-state index is -4.64. The zero-order chi connectivity index (χ0) is 12.8. The van der Waals surface area contributed by atoms with Crippen LogP contribution >= 0.6 is 0 Å². The Hall–Kier alpha value is -1.82. The summed E-state index contributed by atoms with van der Waals surface area (Å²) in [5.41, 5.74) is 2.16. The van der Waals surface area contributed by atoms with Crippen molar-refractivity contribution < 1.29 is 17.9 Å². The molecule has 0 aliphatic carbocycles. The zero-order valence-corrected chi connectivity index (χ0v) is 9.16. The molecule has 0 saturated heterocycles. The number of alkyl halides is 3. The molecule has 18 heavy (non-hydrogen) atoms. The van der Waals surface area contributed by atoms with Crippen molar-refractivity contribution in [2.75, 3.05) is 5.32 Å². The van der Waals surface area contributed by atoms with E-state index < -0.39 is 12.6 Å². The summed E-state index contributed by atoms with van der Waals surface area (Å²) in [6.07, 6.45) is -3.97. The molecule has 1 N–H and O–H groups in total. The van der Waals surface area contributed by atoms with Crippen LogP contribution in [-0.4, -0.2) is 17.6 Å². The normalized spacial score (nSPS) is 18.7. The van der Waals surface area contributed by atoms with Gasteiger partial charge in [0.2, 0.25) is 0 Å². The summed E-state index contributed by atoms with van der Waals surface area (Å²) in [5, 5.41) is 3.56. The molecule has 1 aliphatic heterocycles. The third kappa shape index (κ3) is 1.99. The molecule has 94 valence electrons. The van der Waals surface area contributed by atoms with Gasteiger partial charge in [-0.3, -0.25) is 9.72 Å². The van der Waals surface area contributed by atoms with Gasteiger partial charge in [-0.25, -0.2) is 0 Å². The summed E-state index contributed by atoms with van der Waals surface area (Å²) in [6.45, 7) is 0. The summed E-state index contributed by atoms with van der Waals surface area (Å²) in [5.74, 6) is 0. The van der Waals surface area contributed by atoms with Crippen molar-refractivity contribution >= 4 is 16.6 Å². The smallest absolute Gasteiger partial charge is 0.359 e. The second kappa shape index (κ2) is 3.84. The largest absolute Gasteiger partial charge is 0.524 e. The molecule has 1 atom stereocenters. The molecule has 3 nitrogen and oxygen atoms in total. The second-order valence-electron chi connectivity index (χ2n) is 4.08. The Kier molecular flexibility index (Phi) is 2.41. The molecule has 1 aromatic heterocycles. The number of pyridine rings is 1. The standard InChI is InChI=1S/C12H9F3N2O/c13-12(14,15)18-10-5-7-6-16-9-4-2-1-3-8(9)11(7)17-10/h1-4,6,10,17H,5H2. The van der Waals surface area contributed by atoms with Gasteiger partial charge in [0.25, 0.3) is 0 Å². The highest BCUT2D eigenvalue weighted by Gasteiger charge is 2.36.